The van der Waals surface area contributed by atoms with Gasteiger partial charge in [-0.05, 0) is 36.0 Å². The number of esters is 1. The Morgan fingerprint density at radius 2 is 1.66 bits per heavy atom. The average molecular weight is 509 g/mol. The molecule has 0 radical (unpaired) electrons. The number of non-ortho nitro benzene ring substituents is 1. The summed E-state index contributed by atoms with van der Waals surface area (Å²) in [6.07, 6.45) is 1.45. The van der Waals surface area contributed by atoms with E-state index in [0.717, 1.165) is 16.8 Å². The lowest BCUT2D eigenvalue weighted by Crippen LogP contribution is -2.36. The maximum absolute atomic E-state index is 13.7. The van der Waals surface area contributed by atoms with Crippen molar-refractivity contribution < 1.29 is 19.2 Å². The first-order valence-electron chi connectivity index (χ1n) is 12.7. The molecule has 0 amide bonds. The molecule has 0 fully saturated rings. The van der Waals surface area contributed by atoms with E-state index in [0.29, 0.717) is 41.7 Å². The summed E-state index contributed by atoms with van der Waals surface area (Å²) >= 11 is 0. The number of nitrogens with one attached hydrogen (secondary N) is 1. The van der Waals surface area contributed by atoms with Crippen LogP contribution >= 0.6 is 0 Å². The third-order valence-corrected chi connectivity index (χ3v) is 7.20. The number of nitro groups is 1. The first-order chi connectivity index (χ1) is 18.4. The number of Topliss-reactive ketones (excluding diaryl/α,β-unsaturated/α-hetero) is 1. The summed E-state index contributed by atoms with van der Waals surface area (Å²) in [6, 6.07) is 25.8. The van der Waals surface area contributed by atoms with Crippen LogP contribution in [0.4, 0.5) is 5.69 Å². The van der Waals surface area contributed by atoms with Gasteiger partial charge in [-0.25, -0.2) is 4.79 Å². The molecule has 1 N–H and O–H groups in total. The van der Waals surface area contributed by atoms with Gasteiger partial charge in [0.15, 0.2) is 5.78 Å². The van der Waals surface area contributed by atoms with E-state index >= 15 is 0 Å². The van der Waals surface area contributed by atoms with Crippen LogP contribution in [0.5, 0.6) is 0 Å². The molecule has 2 aliphatic rings. The van der Waals surface area contributed by atoms with Crippen molar-refractivity contribution in [3.05, 3.63) is 134 Å². The van der Waals surface area contributed by atoms with Crippen molar-refractivity contribution >= 4 is 17.4 Å². The zero-order chi connectivity index (χ0) is 26.6. The van der Waals surface area contributed by atoms with Crippen molar-refractivity contribution in [3.63, 3.8) is 0 Å². The molecular formula is C31H28N2O5. The molecule has 1 aliphatic heterocycles. The normalized spacial score (nSPS) is 19.0. The predicted molar refractivity (Wildman–Crippen MR) is 143 cm³/mol. The van der Waals surface area contributed by atoms with Gasteiger partial charge in [-0.2, -0.15) is 0 Å². The molecule has 0 aromatic heterocycles. The molecule has 5 rings (SSSR count). The molecule has 192 valence electrons. The fourth-order valence-corrected chi connectivity index (χ4v) is 5.41. The van der Waals surface area contributed by atoms with Crippen LogP contribution in [0.15, 0.2) is 107 Å². The van der Waals surface area contributed by atoms with Gasteiger partial charge in [-0.3, -0.25) is 14.9 Å². The Morgan fingerprint density at radius 3 is 2.37 bits per heavy atom. The molecule has 7 nitrogen and oxygen atoms in total. The van der Waals surface area contributed by atoms with Gasteiger partial charge in [0.05, 0.1) is 17.1 Å². The largest absolute Gasteiger partial charge is 0.462 e. The van der Waals surface area contributed by atoms with E-state index in [2.05, 4.69) is 5.32 Å². The monoisotopic (exact) mass is 508 g/mol. The van der Waals surface area contributed by atoms with E-state index in [1.807, 2.05) is 60.7 Å². The molecule has 3 aromatic rings. The average Bonchev–Trinajstić information content (AvgIpc) is 2.93. The highest BCUT2D eigenvalue weighted by Crippen LogP contribution is 2.46. The number of hydrogen-bond donors (Lipinski definition) is 1. The molecular weight excluding hydrogens is 480 g/mol. The van der Waals surface area contributed by atoms with Crippen molar-refractivity contribution in [1.82, 2.24) is 5.32 Å². The van der Waals surface area contributed by atoms with Gasteiger partial charge in [0.1, 0.15) is 0 Å². The summed E-state index contributed by atoms with van der Waals surface area (Å²) in [5.74, 6) is -1.36. The van der Waals surface area contributed by atoms with Gasteiger partial charge >= 0.3 is 5.97 Å². The molecule has 2 atom stereocenters. The number of hydrogen-bond acceptors (Lipinski definition) is 6. The summed E-state index contributed by atoms with van der Waals surface area (Å²) in [5.41, 5.74) is 4.69. The third kappa shape index (κ3) is 5.13. The van der Waals surface area contributed by atoms with Gasteiger partial charge in [0.2, 0.25) is 0 Å². The lowest BCUT2D eigenvalue weighted by atomic mass is 9.71. The van der Waals surface area contributed by atoms with E-state index in [-0.39, 0.29) is 24.0 Å². The van der Waals surface area contributed by atoms with Gasteiger partial charge in [-0.1, -0.05) is 72.8 Å². The van der Waals surface area contributed by atoms with E-state index in [9.17, 15) is 19.7 Å². The smallest absolute Gasteiger partial charge is 0.336 e. The molecule has 1 heterocycles. The highest BCUT2D eigenvalue weighted by molar-refractivity contribution is 6.04. The minimum absolute atomic E-state index is 0.00730. The summed E-state index contributed by atoms with van der Waals surface area (Å²) in [5, 5.41) is 14.9. The molecule has 1 aliphatic carbocycles. The Bertz CT molecular complexity index is 1440. The minimum atomic E-state index is -0.750. The number of ketones is 1. The fourth-order valence-electron chi connectivity index (χ4n) is 5.41. The van der Waals surface area contributed by atoms with Crippen LogP contribution in [0.3, 0.4) is 0 Å². The van der Waals surface area contributed by atoms with Crippen LogP contribution in [0.25, 0.3) is 0 Å². The molecule has 0 spiro atoms. The summed E-state index contributed by atoms with van der Waals surface area (Å²) in [4.78, 5) is 38.2. The number of ether oxygens (including phenoxy) is 1. The zero-order valence-electron chi connectivity index (χ0n) is 21.1. The molecule has 0 bridgehead atoms. The number of carbonyl (C=O) groups excluding carboxylic acids is 2. The number of dihydropyridines is 1. The topological polar surface area (TPSA) is 98.5 Å². The van der Waals surface area contributed by atoms with E-state index in [4.69, 9.17) is 4.74 Å². The van der Waals surface area contributed by atoms with E-state index in [1.54, 1.807) is 19.1 Å². The quantitative estimate of drug-likeness (QED) is 0.248. The number of allylic oxidation sites excluding steroid dienone is 3. The second kappa shape index (κ2) is 10.8. The van der Waals surface area contributed by atoms with Crippen LogP contribution in [-0.4, -0.2) is 23.3 Å². The Morgan fingerprint density at radius 1 is 0.974 bits per heavy atom. The number of rotatable bonds is 7. The van der Waals surface area contributed by atoms with Crippen molar-refractivity contribution in [2.45, 2.75) is 38.0 Å². The molecule has 0 saturated heterocycles. The Kier molecular flexibility index (Phi) is 7.18. The summed E-state index contributed by atoms with van der Waals surface area (Å²) < 4.78 is 5.69. The van der Waals surface area contributed by atoms with Crippen LogP contribution in [0.1, 0.15) is 48.3 Å². The van der Waals surface area contributed by atoms with Gasteiger partial charge in [0, 0.05) is 47.9 Å². The molecule has 3 aromatic carbocycles. The van der Waals surface area contributed by atoms with E-state index < -0.39 is 16.8 Å². The Labute approximate surface area is 221 Å². The van der Waals surface area contributed by atoms with Crippen molar-refractivity contribution in [3.8, 4) is 0 Å². The van der Waals surface area contributed by atoms with Gasteiger partial charge in [0.25, 0.3) is 5.69 Å². The molecule has 38 heavy (non-hydrogen) atoms. The van der Waals surface area contributed by atoms with Crippen molar-refractivity contribution in [1.29, 1.82) is 0 Å². The maximum atomic E-state index is 13.7. The number of carbonyl (C=O) groups is 2. The second-order valence-corrected chi connectivity index (χ2v) is 9.65. The maximum Gasteiger partial charge on any atom is 0.336 e. The highest BCUT2D eigenvalue weighted by Gasteiger charge is 2.41. The highest BCUT2D eigenvalue weighted by atomic mass is 16.6. The minimum Gasteiger partial charge on any atom is -0.462 e. The van der Waals surface area contributed by atoms with Gasteiger partial charge < -0.3 is 10.1 Å². The zero-order valence-corrected chi connectivity index (χ0v) is 21.1. The van der Waals surface area contributed by atoms with Crippen molar-refractivity contribution in [2.75, 3.05) is 6.61 Å². The standard InChI is InChI=1S/C31H28N2O5/c1-20-28(31(35)38-16-15-21-9-4-2-5-10-21)29(23-13-8-14-25(17-23)33(36)37)30-26(32-20)18-24(19-27(30)34)22-11-6-3-7-12-22/h2-14,17,24,29,32H,15-16,18-19H2,1H3/t24-,29-/m1/s1. The lowest BCUT2D eigenvalue weighted by molar-refractivity contribution is -0.384. The first kappa shape index (κ1) is 25.1. The van der Waals surface area contributed by atoms with Crippen LogP contribution in [-0.2, 0) is 20.7 Å². The van der Waals surface area contributed by atoms with Crippen LogP contribution in [0.2, 0.25) is 0 Å². The molecule has 0 unspecified atom stereocenters. The summed E-state index contributed by atoms with van der Waals surface area (Å²) in [6.45, 7) is 1.97. The Hall–Kier alpha value is -4.52. The molecule has 7 heteroatoms. The lowest BCUT2D eigenvalue weighted by Gasteiger charge is -2.36. The van der Waals surface area contributed by atoms with E-state index in [1.165, 1.54) is 12.1 Å². The Balaban J connectivity index is 1.50. The van der Waals surface area contributed by atoms with Gasteiger partial charge in [-0.15, -0.1) is 0 Å². The summed E-state index contributed by atoms with van der Waals surface area (Å²) in [7, 11) is 0. The number of benzene rings is 3. The first-order valence-corrected chi connectivity index (χ1v) is 12.7. The predicted octanol–water partition coefficient (Wildman–Crippen LogP) is 5.74. The van der Waals surface area contributed by atoms with Crippen molar-refractivity contribution in [2.24, 2.45) is 0 Å². The third-order valence-electron chi connectivity index (χ3n) is 7.20. The molecule has 0 saturated carbocycles. The van der Waals surface area contributed by atoms with Crippen LogP contribution in [0, 0.1) is 10.1 Å². The van der Waals surface area contributed by atoms with Crippen LogP contribution < -0.4 is 5.32 Å². The second-order valence-electron chi connectivity index (χ2n) is 9.65. The number of nitrogens with zero attached hydrogens (tertiary/aromatic N) is 1. The number of nitro benzene ring substituents is 1. The fraction of sp³-hybridized carbons (Fsp3) is 0.226. The SMILES string of the molecule is CC1=C(C(=O)OCCc2ccccc2)[C@@H](c2cccc([N+](=O)[O-])c2)C2=C(C[C@@H](c3ccccc3)CC2=O)N1.